The van der Waals surface area contributed by atoms with Crippen molar-refractivity contribution in [2.75, 3.05) is 26.2 Å². The van der Waals surface area contributed by atoms with Gasteiger partial charge in [-0.15, -0.1) is 0 Å². The molecule has 2 atom stereocenters. The second-order valence-corrected chi connectivity index (χ2v) is 6.03. The van der Waals surface area contributed by atoms with Crippen molar-refractivity contribution in [2.24, 2.45) is 11.8 Å². The van der Waals surface area contributed by atoms with Gasteiger partial charge in [0, 0.05) is 19.1 Å². The topological polar surface area (TPSA) is 15.3 Å². The Morgan fingerprint density at radius 3 is 2.44 bits per heavy atom. The number of hydrogen-bond donors (Lipinski definition) is 1. The molecule has 0 aromatic heterocycles. The van der Waals surface area contributed by atoms with Crippen molar-refractivity contribution in [1.82, 2.24) is 10.2 Å². The highest BCUT2D eigenvalue weighted by molar-refractivity contribution is 4.88. The van der Waals surface area contributed by atoms with E-state index in [0.717, 1.165) is 11.8 Å². The van der Waals surface area contributed by atoms with E-state index in [0.29, 0.717) is 6.04 Å². The van der Waals surface area contributed by atoms with Gasteiger partial charge in [-0.1, -0.05) is 20.3 Å². The van der Waals surface area contributed by atoms with Gasteiger partial charge in [0.2, 0.25) is 0 Å². The molecule has 2 fully saturated rings. The van der Waals surface area contributed by atoms with Gasteiger partial charge in [-0.3, -0.25) is 0 Å². The molecule has 2 nitrogen and oxygen atoms in total. The fraction of sp³-hybridized carbons (Fsp3) is 1.00. The second kappa shape index (κ2) is 6.02. The molecule has 0 spiro atoms. The first-order valence-electron chi connectivity index (χ1n) is 7.21. The van der Waals surface area contributed by atoms with Gasteiger partial charge in [-0.05, 0) is 50.6 Å². The maximum absolute atomic E-state index is 3.49. The van der Waals surface area contributed by atoms with E-state index in [1.165, 1.54) is 58.3 Å². The summed E-state index contributed by atoms with van der Waals surface area (Å²) in [7, 11) is 0. The van der Waals surface area contributed by atoms with Gasteiger partial charge in [-0.25, -0.2) is 0 Å². The third-order valence-corrected chi connectivity index (χ3v) is 4.26. The molecule has 0 radical (unpaired) electrons. The Labute approximate surface area is 101 Å². The number of nitrogens with zero attached hydrogens (tertiary/aromatic N) is 1. The molecule has 2 rings (SSSR count). The SMILES string of the molecule is CC(C)NCCCCN1CC2CCCC2C1. The zero-order chi connectivity index (χ0) is 11.4. The van der Waals surface area contributed by atoms with Crippen LogP contribution in [0.2, 0.25) is 0 Å². The molecule has 1 aliphatic carbocycles. The molecule has 1 aliphatic heterocycles. The fourth-order valence-corrected chi connectivity index (χ4v) is 3.37. The Balaban J connectivity index is 1.51. The smallest absolute Gasteiger partial charge is 0.00129 e. The molecule has 16 heavy (non-hydrogen) atoms. The predicted octanol–water partition coefficient (Wildman–Crippen LogP) is 2.50. The predicted molar refractivity (Wildman–Crippen MR) is 69.6 cm³/mol. The van der Waals surface area contributed by atoms with Crippen LogP contribution >= 0.6 is 0 Å². The summed E-state index contributed by atoms with van der Waals surface area (Å²) >= 11 is 0. The number of unbranched alkanes of at least 4 members (excludes halogenated alkanes) is 1. The molecule has 0 bridgehead atoms. The number of rotatable bonds is 6. The molecular formula is C14H28N2. The van der Waals surface area contributed by atoms with E-state index in [1.807, 2.05) is 0 Å². The summed E-state index contributed by atoms with van der Waals surface area (Å²) in [5.41, 5.74) is 0. The fourth-order valence-electron chi connectivity index (χ4n) is 3.37. The van der Waals surface area contributed by atoms with Crippen molar-refractivity contribution in [1.29, 1.82) is 0 Å². The first kappa shape index (κ1) is 12.4. The highest BCUT2D eigenvalue weighted by atomic mass is 15.2. The van der Waals surface area contributed by atoms with Crippen molar-refractivity contribution in [2.45, 2.75) is 52.0 Å². The Morgan fingerprint density at radius 2 is 1.81 bits per heavy atom. The first-order chi connectivity index (χ1) is 7.75. The van der Waals surface area contributed by atoms with E-state index in [-0.39, 0.29) is 0 Å². The van der Waals surface area contributed by atoms with Crippen molar-refractivity contribution < 1.29 is 0 Å². The lowest BCUT2D eigenvalue weighted by molar-refractivity contribution is 0.303. The molecule has 2 aliphatic rings. The van der Waals surface area contributed by atoms with E-state index in [2.05, 4.69) is 24.1 Å². The number of fused-ring (bicyclic) bond motifs is 1. The van der Waals surface area contributed by atoms with Gasteiger partial charge in [0.25, 0.3) is 0 Å². The van der Waals surface area contributed by atoms with Gasteiger partial charge in [0.1, 0.15) is 0 Å². The van der Waals surface area contributed by atoms with Crippen molar-refractivity contribution in [3.63, 3.8) is 0 Å². The number of likely N-dealkylation sites (tertiary alicyclic amines) is 1. The third-order valence-electron chi connectivity index (χ3n) is 4.26. The summed E-state index contributed by atoms with van der Waals surface area (Å²) in [5.74, 6) is 2.13. The van der Waals surface area contributed by atoms with E-state index in [1.54, 1.807) is 0 Å². The van der Waals surface area contributed by atoms with Gasteiger partial charge in [-0.2, -0.15) is 0 Å². The molecule has 0 aromatic rings. The normalized spacial score (nSPS) is 30.2. The highest BCUT2D eigenvalue weighted by Crippen LogP contribution is 2.37. The van der Waals surface area contributed by atoms with Gasteiger partial charge < -0.3 is 10.2 Å². The minimum absolute atomic E-state index is 0.645. The molecule has 1 saturated heterocycles. The minimum Gasteiger partial charge on any atom is -0.315 e. The van der Waals surface area contributed by atoms with Crippen LogP contribution in [-0.4, -0.2) is 37.1 Å². The van der Waals surface area contributed by atoms with E-state index in [9.17, 15) is 0 Å². The van der Waals surface area contributed by atoms with Crippen molar-refractivity contribution in [3.05, 3.63) is 0 Å². The van der Waals surface area contributed by atoms with E-state index in [4.69, 9.17) is 0 Å². The van der Waals surface area contributed by atoms with Crippen LogP contribution in [0.5, 0.6) is 0 Å². The summed E-state index contributed by atoms with van der Waals surface area (Å²) in [6.07, 6.45) is 7.23. The standard InChI is InChI=1S/C14H28N2/c1-12(2)15-8-3-4-9-16-10-13-6-5-7-14(13)11-16/h12-15H,3-11H2,1-2H3. The maximum atomic E-state index is 3.49. The van der Waals surface area contributed by atoms with Crippen LogP contribution in [0.3, 0.4) is 0 Å². The average molecular weight is 224 g/mol. The largest absolute Gasteiger partial charge is 0.315 e. The lowest BCUT2D eigenvalue weighted by Crippen LogP contribution is -2.26. The summed E-state index contributed by atoms with van der Waals surface area (Å²) in [5, 5.41) is 3.49. The quantitative estimate of drug-likeness (QED) is 0.697. The maximum Gasteiger partial charge on any atom is 0.00129 e. The Kier molecular flexibility index (Phi) is 4.66. The van der Waals surface area contributed by atoms with Crippen molar-refractivity contribution >= 4 is 0 Å². The molecule has 2 heteroatoms. The van der Waals surface area contributed by atoms with Crippen LogP contribution in [0.1, 0.15) is 46.0 Å². The Bertz CT molecular complexity index is 191. The summed E-state index contributed by atoms with van der Waals surface area (Å²) in [6.45, 7) is 9.79. The lowest BCUT2D eigenvalue weighted by atomic mass is 10.0. The summed E-state index contributed by atoms with van der Waals surface area (Å²) in [4.78, 5) is 2.71. The van der Waals surface area contributed by atoms with Crippen LogP contribution in [-0.2, 0) is 0 Å². The van der Waals surface area contributed by atoms with E-state index >= 15 is 0 Å². The van der Waals surface area contributed by atoms with Crippen LogP contribution in [0.25, 0.3) is 0 Å². The molecule has 0 aromatic carbocycles. The van der Waals surface area contributed by atoms with Crippen LogP contribution in [0.4, 0.5) is 0 Å². The summed E-state index contributed by atoms with van der Waals surface area (Å²) < 4.78 is 0. The van der Waals surface area contributed by atoms with E-state index < -0.39 is 0 Å². The van der Waals surface area contributed by atoms with Crippen LogP contribution < -0.4 is 5.32 Å². The molecule has 0 amide bonds. The van der Waals surface area contributed by atoms with Crippen LogP contribution in [0.15, 0.2) is 0 Å². The minimum atomic E-state index is 0.645. The van der Waals surface area contributed by atoms with Gasteiger partial charge >= 0.3 is 0 Å². The molecule has 1 saturated carbocycles. The average Bonchev–Trinajstić information content (AvgIpc) is 2.76. The van der Waals surface area contributed by atoms with Gasteiger partial charge in [0.05, 0.1) is 0 Å². The highest BCUT2D eigenvalue weighted by Gasteiger charge is 2.35. The molecule has 1 N–H and O–H groups in total. The zero-order valence-electron chi connectivity index (χ0n) is 11.0. The summed E-state index contributed by atoms with van der Waals surface area (Å²) in [6, 6.07) is 0.645. The molecule has 2 unspecified atom stereocenters. The zero-order valence-corrected chi connectivity index (χ0v) is 11.0. The Hall–Kier alpha value is -0.0800. The van der Waals surface area contributed by atoms with Gasteiger partial charge in [0.15, 0.2) is 0 Å². The second-order valence-electron chi connectivity index (χ2n) is 6.03. The number of hydrogen-bond acceptors (Lipinski definition) is 2. The molecular weight excluding hydrogens is 196 g/mol. The monoisotopic (exact) mass is 224 g/mol. The first-order valence-corrected chi connectivity index (χ1v) is 7.21. The number of nitrogens with one attached hydrogen (secondary N) is 1. The molecule has 94 valence electrons. The van der Waals surface area contributed by atoms with Crippen molar-refractivity contribution in [3.8, 4) is 0 Å². The molecule has 1 heterocycles. The third kappa shape index (κ3) is 3.46. The van der Waals surface area contributed by atoms with Crippen LogP contribution in [0, 0.1) is 11.8 Å². The Morgan fingerprint density at radius 1 is 1.12 bits per heavy atom. The lowest BCUT2D eigenvalue weighted by Gasteiger charge is -2.16.